The lowest BCUT2D eigenvalue weighted by molar-refractivity contribution is -0.383. The summed E-state index contributed by atoms with van der Waals surface area (Å²) in [6.07, 6.45) is 8.36. The second-order valence-corrected chi connectivity index (χ2v) is 5.81. The number of benzene rings is 1. The molecular weight excluding hydrogens is 310 g/mol. The minimum atomic E-state index is -0.466. The Morgan fingerprint density at radius 3 is 2.96 bits per heavy atom. The quantitative estimate of drug-likeness (QED) is 0.624. The molecule has 1 aliphatic rings. The molecule has 0 bridgehead atoms. The number of hydrogen-bond acceptors (Lipinski definition) is 5. The van der Waals surface area contributed by atoms with E-state index in [1.165, 1.54) is 6.07 Å². The molecule has 8 heteroatoms. The molecule has 24 heavy (non-hydrogen) atoms. The SMILES string of the molecule is O=C(CNc1ccccc1[N+](=O)[O-])N[C@@H]1CCC[C@H]1n1ccnc1. The molecule has 2 N–H and O–H groups in total. The molecule has 2 aromatic rings. The molecule has 0 aliphatic heterocycles. The van der Waals surface area contributed by atoms with Crippen LogP contribution in [0.15, 0.2) is 43.0 Å². The molecule has 1 fully saturated rings. The minimum absolute atomic E-state index is 0.00198. The van der Waals surface area contributed by atoms with Crippen molar-refractivity contribution in [1.29, 1.82) is 0 Å². The normalized spacial score (nSPS) is 19.8. The number of aromatic nitrogens is 2. The molecule has 1 amide bonds. The van der Waals surface area contributed by atoms with Crippen LogP contribution in [0.3, 0.4) is 0 Å². The van der Waals surface area contributed by atoms with E-state index in [0.29, 0.717) is 5.69 Å². The maximum atomic E-state index is 12.2. The molecule has 0 spiro atoms. The highest BCUT2D eigenvalue weighted by molar-refractivity contribution is 5.82. The molecule has 1 aromatic carbocycles. The zero-order valence-corrected chi connectivity index (χ0v) is 13.1. The molecule has 1 saturated carbocycles. The average molecular weight is 329 g/mol. The van der Waals surface area contributed by atoms with Gasteiger partial charge >= 0.3 is 0 Å². The van der Waals surface area contributed by atoms with Gasteiger partial charge in [-0.1, -0.05) is 12.1 Å². The zero-order valence-electron chi connectivity index (χ0n) is 13.1. The average Bonchev–Trinajstić information content (AvgIpc) is 3.24. The lowest BCUT2D eigenvalue weighted by Crippen LogP contribution is -2.41. The third kappa shape index (κ3) is 3.53. The van der Waals surface area contributed by atoms with E-state index >= 15 is 0 Å². The van der Waals surface area contributed by atoms with Crippen LogP contribution < -0.4 is 10.6 Å². The van der Waals surface area contributed by atoms with Gasteiger partial charge in [0.1, 0.15) is 5.69 Å². The maximum Gasteiger partial charge on any atom is 0.292 e. The lowest BCUT2D eigenvalue weighted by atomic mass is 10.1. The van der Waals surface area contributed by atoms with Gasteiger partial charge in [0.25, 0.3) is 5.69 Å². The largest absolute Gasteiger partial charge is 0.371 e. The maximum absolute atomic E-state index is 12.2. The predicted octanol–water partition coefficient (Wildman–Crippen LogP) is 2.11. The van der Waals surface area contributed by atoms with Gasteiger partial charge in [0.05, 0.1) is 23.8 Å². The first kappa shape index (κ1) is 16.0. The Morgan fingerprint density at radius 1 is 1.38 bits per heavy atom. The summed E-state index contributed by atoms with van der Waals surface area (Å²) in [7, 11) is 0. The predicted molar refractivity (Wildman–Crippen MR) is 88.6 cm³/mol. The fourth-order valence-electron chi connectivity index (χ4n) is 3.15. The van der Waals surface area contributed by atoms with Gasteiger partial charge < -0.3 is 15.2 Å². The van der Waals surface area contributed by atoms with E-state index in [9.17, 15) is 14.9 Å². The molecular formula is C16H19N5O3. The number of anilines is 1. The Balaban J connectivity index is 1.57. The van der Waals surface area contributed by atoms with Crippen LogP contribution in [0.4, 0.5) is 11.4 Å². The highest BCUT2D eigenvalue weighted by Crippen LogP contribution is 2.30. The Hall–Kier alpha value is -2.90. The van der Waals surface area contributed by atoms with E-state index in [4.69, 9.17) is 0 Å². The van der Waals surface area contributed by atoms with Crippen LogP contribution in [0, 0.1) is 10.1 Å². The fourth-order valence-corrected chi connectivity index (χ4v) is 3.15. The van der Waals surface area contributed by atoms with Gasteiger partial charge in [-0.2, -0.15) is 0 Å². The fraction of sp³-hybridized carbons (Fsp3) is 0.375. The number of nitro groups is 1. The molecule has 8 nitrogen and oxygen atoms in total. The van der Waals surface area contributed by atoms with Gasteiger partial charge in [-0.25, -0.2) is 4.98 Å². The number of imidazole rings is 1. The summed E-state index contributed by atoms with van der Waals surface area (Å²) >= 11 is 0. The van der Waals surface area contributed by atoms with Crippen molar-refractivity contribution in [2.45, 2.75) is 31.3 Å². The third-order valence-corrected chi connectivity index (χ3v) is 4.27. The Bertz CT molecular complexity index is 716. The van der Waals surface area contributed by atoms with Crippen LogP contribution in [0.5, 0.6) is 0 Å². The molecule has 1 aliphatic carbocycles. The Labute approximate surface area is 139 Å². The van der Waals surface area contributed by atoms with Gasteiger partial charge in [-0.05, 0) is 25.3 Å². The molecule has 1 heterocycles. The highest BCUT2D eigenvalue weighted by Gasteiger charge is 2.29. The van der Waals surface area contributed by atoms with Crippen LogP contribution in [0.25, 0.3) is 0 Å². The number of nitrogens with zero attached hydrogens (tertiary/aromatic N) is 3. The molecule has 0 saturated heterocycles. The Morgan fingerprint density at radius 2 is 2.21 bits per heavy atom. The van der Waals surface area contributed by atoms with Crippen molar-refractivity contribution < 1.29 is 9.72 Å². The topological polar surface area (TPSA) is 102 Å². The number of carbonyl (C=O) groups is 1. The zero-order chi connectivity index (χ0) is 16.9. The van der Waals surface area contributed by atoms with Crippen molar-refractivity contribution in [2.24, 2.45) is 0 Å². The van der Waals surface area contributed by atoms with Crippen LogP contribution in [0.2, 0.25) is 0 Å². The lowest BCUT2D eigenvalue weighted by Gasteiger charge is -2.22. The van der Waals surface area contributed by atoms with E-state index < -0.39 is 4.92 Å². The second kappa shape index (κ2) is 7.12. The third-order valence-electron chi connectivity index (χ3n) is 4.27. The molecule has 126 valence electrons. The Kier molecular flexibility index (Phi) is 4.74. The molecule has 1 aromatic heterocycles. The van der Waals surface area contributed by atoms with Crippen molar-refractivity contribution in [2.75, 3.05) is 11.9 Å². The summed E-state index contributed by atoms with van der Waals surface area (Å²) in [6, 6.07) is 6.56. The summed E-state index contributed by atoms with van der Waals surface area (Å²) in [5, 5.41) is 16.8. The standard InChI is InChI=1S/C16H19N5O3/c22-16(10-18-12-4-1-2-6-15(12)21(23)24)19-13-5-3-7-14(13)20-9-8-17-11-20/h1-2,4,6,8-9,11,13-14,18H,3,5,7,10H2,(H,19,22)/t13-,14-/m1/s1. The van der Waals surface area contributed by atoms with Gasteiger partial charge in [0, 0.05) is 24.5 Å². The van der Waals surface area contributed by atoms with Crippen molar-refractivity contribution in [3.05, 3.63) is 53.1 Å². The monoisotopic (exact) mass is 329 g/mol. The first-order valence-electron chi connectivity index (χ1n) is 7.89. The van der Waals surface area contributed by atoms with Gasteiger partial charge in [0.15, 0.2) is 0 Å². The van der Waals surface area contributed by atoms with Gasteiger partial charge in [-0.3, -0.25) is 14.9 Å². The number of hydrogen-bond donors (Lipinski definition) is 2. The first-order valence-corrected chi connectivity index (χ1v) is 7.89. The summed E-state index contributed by atoms with van der Waals surface area (Å²) in [5.41, 5.74) is 0.303. The summed E-state index contributed by atoms with van der Waals surface area (Å²) in [5.74, 6) is -0.176. The summed E-state index contributed by atoms with van der Waals surface area (Å²) in [4.78, 5) is 26.8. The second-order valence-electron chi connectivity index (χ2n) is 5.81. The van der Waals surface area contributed by atoms with E-state index in [1.807, 2.05) is 10.8 Å². The van der Waals surface area contributed by atoms with Crippen molar-refractivity contribution >= 4 is 17.3 Å². The molecule has 0 unspecified atom stereocenters. The van der Waals surface area contributed by atoms with Crippen LogP contribution in [-0.4, -0.2) is 33.0 Å². The van der Waals surface area contributed by atoms with E-state index in [-0.39, 0.29) is 30.2 Å². The van der Waals surface area contributed by atoms with Crippen molar-refractivity contribution in [3.63, 3.8) is 0 Å². The van der Waals surface area contributed by atoms with Crippen LogP contribution in [-0.2, 0) is 4.79 Å². The summed E-state index contributed by atoms with van der Waals surface area (Å²) < 4.78 is 2.02. The van der Waals surface area contributed by atoms with Crippen molar-refractivity contribution in [1.82, 2.24) is 14.9 Å². The first-order chi connectivity index (χ1) is 11.6. The van der Waals surface area contributed by atoms with E-state index in [2.05, 4.69) is 15.6 Å². The molecule has 0 radical (unpaired) electrons. The van der Waals surface area contributed by atoms with Crippen LogP contribution >= 0.6 is 0 Å². The van der Waals surface area contributed by atoms with Gasteiger partial charge in [0.2, 0.25) is 5.91 Å². The van der Waals surface area contributed by atoms with E-state index in [1.54, 1.807) is 30.7 Å². The number of amides is 1. The highest BCUT2D eigenvalue weighted by atomic mass is 16.6. The van der Waals surface area contributed by atoms with Gasteiger partial charge in [-0.15, -0.1) is 0 Å². The smallest absolute Gasteiger partial charge is 0.292 e. The number of nitro benzene ring substituents is 1. The summed E-state index contributed by atoms with van der Waals surface area (Å²) in [6.45, 7) is -0.00198. The molecule has 2 atom stereocenters. The number of para-hydroxylation sites is 2. The number of carbonyl (C=O) groups excluding carboxylic acids is 1. The van der Waals surface area contributed by atoms with Crippen molar-refractivity contribution in [3.8, 4) is 0 Å². The van der Waals surface area contributed by atoms with Crippen LogP contribution in [0.1, 0.15) is 25.3 Å². The van der Waals surface area contributed by atoms with E-state index in [0.717, 1.165) is 19.3 Å². The number of nitrogens with one attached hydrogen (secondary N) is 2. The number of rotatable bonds is 6. The molecule has 3 rings (SSSR count). The minimum Gasteiger partial charge on any atom is -0.371 e.